The standard InChI is InChI=1S/C13H21N3O2/c1-11(2)16-9-12(8-14-16)18-10-13(17)15-6-4-3-5-7-15/h8-9,11H,3-7,10H2,1-2H3. The van der Waals surface area contributed by atoms with Gasteiger partial charge in [-0.2, -0.15) is 5.10 Å². The number of nitrogens with zero attached hydrogens (tertiary/aromatic N) is 3. The number of amides is 1. The second kappa shape index (κ2) is 5.89. The number of carbonyl (C=O) groups is 1. The molecule has 1 aliphatic heterocycles. The molecule has 0 N–H and O–H groups in total. The summed E-state index contributed by atoms with van der Waals surface area (Å²) in [6.45, 7) is 5.95. The van der Waals surface area contributed by atoms with Gasteiger partial charge < -0.3 is 9.64 Å². The van der Waals surface area contributed by atoms with E-state index in [1.165, 1.54) is 6.42 Å². The first-order chi connectivity index (χ1) is 8.66. The first-order valence-corrected chi connectivity index (χ1v) is 6.61. The summed E-state index contributed by atoms with van der Waals surface area (Å²) in [5, 5.41) is 4.17. The van der Waals surface area contributed by atoms with Gasteiger partial charge in [0.05, 0.1) is 12.4 Å². The lowest BCUT2D eigenvalue weighted by Crippen LogP contribution is -2.38. The molecular formula is C13H21N3O2. The molecule has 18 heavy (non-hydrogen) atoms. The normalized spacial score (nSPS) is 16.1. The fourth-order valence-electron chi connectivity index (χ4n) is 2.06. The Kier molecular flexibility index (Phi) is 4.23. The molecule has 1 aliphatic rings. The number of carbonyl (C=O) groups excluding carboxylic acids is 1. The SMILES string of the molecule is CC(C)n1cc(OCC(=O)N2CCCCC2)cn1. The van der Waals surface area contributed by atoms with Gasteiger partial charge in [0, 0.05) is 19.1 Å². The predicted molar refractivity (Wildman–Crippen MR) is 68.5 cm³/mol. The molecule has 0 unspecified atom stereocenters. The van der Waals surface area contributed by atoms with E-state index in [1.54, 1.807) is 6.20 Å². The zero-order valence-electron chi connectivity index (χ0n) is 11.1. The van der Waals surface area contributed by atoms with E-state index in [2.05, 4.69) is 18.9 Å². The van der Waals surface area contributed by atoms with Crippen molar-refractivity contribution in [2.75, 3.05) is 19.7 Å². The van der Waals surface area contributed by atoms with E-state index in [1.807, 2.05) is 15.8 Å². The Morgan fingerprint density at radius 1 is 1.39 bits per heavy atom. The third-order valence-electron chi connectivity index (χ3n) is 3.18. The van der Waals surface area contributed by atoms with Crippen LogP contribution in [0.3, 0.4) is 0 Å². The number of likely N-dealkylation sites (tertiary alicyclic amines) is 1. The van der Waals surface area contributed by atoms with Crippen LogP contribution in [0.4, 0.5) is 0 Å². The van der Waals surface area contributed by atoms with Crippen molar-refractivity contribution in [1.29, 1.82) is 0 Å². The maximum atomic E-state index is 11.9. The van der Waals surface area contributed by atoms with Crippen LogP contribution in [0, 0.1) is 0 Å². The Hall–Kier alpha value is -1.52. The highest BCUT2D eigenvalue weighted by Gasteiger charge is 2.17. The van der Waals surface area contributed by atoms with Crippen LogP contribution in [0.1, 0.15) is 39.2 Å². The molecule has 0 aromatic carbocycles. The molecule has 2 heterocycles. The van der Waals surface area contributed by atoms with E-state index in [4.69, 9.17) is 4.74 Å². The van der Waals surface area contributed by atoms with Gasteiger partial charge >= 0.3 is 0 Å². The minimum atomic E-state index is 0.0759. The minimum Gasteiger partial charge on any atom is -0.480 e. The first-order valence-electron chi connectivity index (χ1n) is 6.61. The van der Waals surface area contributed by atoms with Gasteiger partial charge in [0.2, 0.25) is 0 Å². The van der Waals surface area contributed by atoms with Crippen LogP contribution in [0.25, 0.3) is 0 Å². The molecule has 0 aliphatic carbocycles. The highest BCUT2D eigenvalue weighted by molar-refractivity contribution is 5.77. The van der Waals surface area contributed by atoms with Crippen LogP contribution < -0.4 is 4.74 Å². The van der Waals surface area contributed by atoms with Gasteiger partial charge in [0.15, 0.2) is 12.4 Å². The number of aromatic nitrogens is 2. The second-order valence-electron chi connectivity index (χ2n) is 4.98. The molecule has 0 radical (unpaired) electrons. The van der Waals surface area contributed by atoms with Gasteiger partial charge in [-0.1, -0.05) is 0 Å². The summed E-state index contributed by atoms with van der Waals surface area (Å²) in [5.41, 5.74) is 0. The average Bonchev–Trinajstić information content (AvgIpc) is 2.86. The summed E-state index contributed by atoms with van der Waals surface area (Å²) in [6, 6.07) is 0.306. The highest BCUT2D eigenvalue weighted by atomic mass is 16.5. The van der Waals surface area contributed by atoms with E-state index < -0.39 is 0 Å². The molecule has 0 bridgehead atoms. The Morgan fingerprint density at radius 2 is 2.11 bits per heavy atom. The lowest BCUT2D eigenvalue weighted by Gasteiger charge is -2.26. The van der Waals surface area contributed by atoms with Crippen molar-refractivity contribution in [3.8, 4) is 5.75 Å². The van der Waals surface area contributed by atoms with Crippen molar-refractivity contribution in [1.82, 2.24) is 14.7 Å². The molecule has 1 saturated heterocycles. The monoisotopic (exact) mass is 251 g/mol. The van der Waals surface area contributed by atoms with Gasteiger partial charge in [0.25, 0.3) is 5.91 Å². The van der Waals surface area contributed by atoms with Gasteiger partial charge in [-0.3, -0.25) is 9.48 Å². The summed E-state index contributed by atoms with van der Waals surface area (Å²) in [6.07, 6.45) is 6.93. The summed E-state index contributed by atoms with van der Waals surface area (Å²) in [4.78, 5) is 13.8. The van der Waals surface area contributed by atoms with Crippen LogP contribution in [-0.4, -0.2) is 40.3 Å². The molecule has 1 fully saturated rings. The number of hydrogen-bond acceptors (Lipinski definition) is 3. The van der Waals surface area contributed by atoms with Gasteiger partial charge in [-0.15, -0.1) is 0 Å². The zero-order chi connectivity index (χ0) is 13.0. The lowest BCUT2D eigenvalue weighted by molar-refractivity contribution is -0.134. The molecule has 0 spiro atoms. The lowest BCUT2D eigenvalue weighted by atomic mass is 10.1. The molecule has 2 rings (SSSR count). The Morgan fingerprint density at radius 3 is 2.72 bits per heavy atom. The van der Waals surface area contributed by atoms with Gasteiger partial charge in [-0.05, 0) is 33.1 Å². The molecule has 1 aromatic heterocycles. The Balaban J connectivity index is 1.81. The third kappa shape index (κ3) is 3.24. The maximum Gasteiger partial charge on any atom is 0.260 e. The molecular weight excluding hydrogens is 230 g/mol. The second-order valence-corrected chi connectivity index (χ2v) is 4.98. The fourth-order valence-corrected chi connectivity index (χ4v) is 2.06. The summed E-state index contributed by atoms with van der Waals surface area (Å²) < 4.78 is 7.30. The zero-order valence-corrected chi connectivity index (χ0v) is 11.1. The number of hydrogen-bond donors (Lipinski definition) is 0. The van der Waals surface area contributed by atoms with E-state index in [9.17, 15) is 4.79 Å². The maximum absolute atomic E-state index is 11.9. The first kappa shape index (κ1) is 12.9. The van der Waals surface area contributed by atoms with Crippen molar-refractivity contribution in [3.63, 3.8) is 0 Å². The van der Waals surface area contributed by atoms with Gasteiger partial charge in [-0.25, -0.2) is 0 Å². The molecule has 0 atom stereocenters. The third-order valence-corrected chi connectivity index (χ3v) is 3.18. The van der Waals surface area contributed by atoms with Crippen molar-refractivity contribution in [2.24, 2.45) is 0 Å². The Labute approximate surface area is 108 Å². The minimum absolute atomic E-state index is 0.0759. The summed E-state index contributed by atoms with van der Waals surface area (Å²) in [5.74, 6) is 0.737. The molecule has 5 heteroatoms. The van der Waals surface area contributed by atoms with Crippen LogP contribution in [-0.2, 0) is 4.79 Å². The topological polar surface area (TPSA) is 47.4 Å². The number of piperidine rings is 1. The van der Waals surface area contributed by atoms with Crippen LogP contribution in [0.15, 0.2) is 12.4 Å². The van der Waals surface area contributed by atoms with Crippen molar-refractivity contribution in [3.05, 3.63) is 12.4 Å². The molecule has 5 nitrogen and oxygen atoms in total. The molecule has 0 saturated carbocycles. The van der Waals surface area contributed by atoms with Crippen LogP contribution >= 0.6 is 0 Å². The van der Waals surface area contributed by atoms with Gasteiger partial charge in [0.1, 0.15) is 0 Å². The van der Waals surface area contributed by atoms with Crippen molar-refractivity contribution in [2.45, 2.75) is 39.2 Å². The average molecular weight is 251 g/mol. The quantitative estimate of drug-likeness (QED) is 0.820. The van der Waals surface area contributed by atoms with Crippen LogP contribution in [0.2, 0.25) is 0 Å². The fraction of sp³-hybridized carbons (Fsp3) is 0.692. The summed E-state index contributed by atoms with van der Waals surface area (Å²) in [7, 11) is 0. The number of ether oxygens (including phenoxy) is 1. The molecule has 100 valence electrons. The predicted octanol–water partition coefficient (Wildman–Crippen LogP) is 1.86. The Bertz CT molecular complexity index is 395. The van der Waals surface area contributed by atoms with E-state index in [0.717, 1.165) is 25.9 Å². The smallest absolute Gasteiger partial charge is 0.260 e. The van der Waals surface area contributed by atoms with E-state index in [-0.39, 0.29) is 12.5 Å². The van der Waals surface area contributed by atoms with Crippen LogP contribution in [0.5, 0.6) is 5.75 Å². The highest BCUT2D eigenvalue weighted by Crippen LogP contribution is 2.13. The van der Waals surface area contributed by atoms with Crippen molar-refractivity contribution < 1.29 is 9.53 Å². The molecule has 1 amide bonds. The number of rotatable bonds is 4. The van der Waals surface area contributed by atoms with E-state index in [0.29, 0.717) is 11.8 Å². The molecule has 1 aromatic rings. The summed E-state index contributed by atoms with van der Waals surface area (Å²) >= 11 is 0. The largest absolute Gasteiger partial charge is 0.480 e. The van der Waals surface area contributed by atoms with E-state index >= 15 is 0 Å². The van der Waals surface area contributed by atoms with Crippen molar-refractivity contribution >= 4 is 5.91 Å².